The number of carbonyl (C=O) groups excluding carboxylic acids is 1. The molecule has 0 aromatic carbocycles. The maximum atomic E-state index is 10.6. The number of hydrogen-bond donors (Lipinski definition) is 1. The maximum absolute atomic E-state index is 10.6. The summed E-state index contributed by atoms with van der Waals surface area (Å²) in [4.78, 5) is 10.6. The first-order chi connectivity index (χ1) is 3.70. The molecule has 0 aromatic rings. The zero-order chi connectivity index (χ0) is 6.15. The van der Waals surface area contributed by atoms with Crippen molar-refractivity contribution in [2.45, 2.75) is 26.3 Å². The Morgan fingerprint density at radius 1 is 1.62 bits per heavy atom. The van der Waals surface area contributed by atoms with Crippen molar-refractivity contribution in [3.63, 3.8) is 0 Å². The molecule has 1 N–H and O–H groups in total. The van der Waals surface area contributed by atoms with Gasteiger partial charge in [0.15, 0.2) is 0 Å². The quantitative estimate of drug-likeness (QED) is 0.488. The average Bonchev–Trinajstić information content (AvgIpc) is 1.85. The third-order valence-electron chi connectivity index (χ3n) is 1.75. The second-order valence-electron chi connectivity index (χ2n) is 2.54. The van der Waals surface area contributed by atoms with Gasteiger partial charge in [-0.15, -0.1) is 0 Å². The van der Waals surface area contributed by atoms with Crippen molar-refractivity contribution < 1.29 is 4.79 Å². The molecule has 1 aliphatic heterocycles. The average molecular weight is 113 g/mol. The van der Waals surface area contributed by atoms with Crippen molar-refractivity contribution >= 4 is 5.91 Å². The van der Waals surface area contributed by atoms with Gasteiger partial charge in [-0.2, -0.15) is 0 Å². The van der Waals surface area contributed by atoms with Gasteiger partial charge < -0.3 is 5.32 Å². The van der Waals surface area contributed by atoms with E-state index in [4.69, 9.17) is 0 Å². The fraction of sp³-hybridized carbons (Fsp3) is 0.833. The molecule has 0 bridgehead atoms. The molecule has 2 heteroatoms. The summed E-state index contributed by atoms with van der Waals surface area (Å²) in [5, 5.41) is 2.83. The number of hydrogen-bond acceptors (Lipinski definition) is 1. The summed E-state index contributed by atoms with van der Waals surface area (Å²) in [5.41, 5.74) is 0. The van der Waals surface area contributed by atoms with E-state index in [0.717, 1.165) is 0 Å². The van der Waals surface area contributed by atoms with Crippen LogP contribution in [0.25, 0.3) is 0 Å². The van der Waals surface area contributed by atoms with Crippen LogP contribution in [0.1, 0.15) is 20.3 Å². The molecule has 0 spiro atoms. The first kappa shape index (κ1) is 5.60. The molecule has 1 heterocycles. The third kappa shape index (κ3) is 0.831. The summed E-state index contributed by atoms with van der Waals surface area (Å²) in [7, 11) is 0. The number of carbonyl (C=O) groups is 1. The Morgan fingerprint density at radius 2 is 2.25 bits per heavy atom. The monoisotopic (exact) mass is 113 g/mol. The maximum Gasteiger partial charge on any atom is 0.220 e. The molecule has 1 rings (SSSR count). The van der Waals surface area contributed by atoms with E-state index in [1.165, 1.54) is 0 Å². The number of rotatable bonds is 0. The van der Waals surface area contributed by atoms with Crippen molar-refractivity contribution in [1.29, 1.82) is 0 Å². The molecule has 1 amide bonds. The van der Waals surface area contributed by atoms with Crippen molar-refractivity contribution in [2.24, 2.45) is 5.92 Å². The van der Waals surface area contributed by atoms with E-state index in [2.05, 4.69) is 12.2 Å². The van der Waals surface area contributed by atoms with E-state index in [1.807, 2.05) is 6.92 Å². The molecular weight excluding hydrogens is 102 g/mol. The fourth-order valence-corrected chi connectivity index (χ4v) is 0.924. The van der Waals surface area contributed by atoms with Gasteiger partial charge >= 0.3 is 0 Å². The van der Waals surface area contributed by atoms with E-state index < -0.39 is 0 Å². The van der Waals surface area contributed by atoms with Gasteiger partial charge in [-0.05, 0) is 12.8 Å². The standard InChI is InChI=1S/C6H11NO/c1-4-3-6(8)7-5(4)2/h4-5H,3H2,1-2H3,(H,7,8). The van der Waals surface area contributed by atoms with Gasteiger partial charge in [-0.25, -0.2) is 0 Å². The van der Waals surface area contributed by atoms with Crippen LogP contribution in [0.4, 0.5) is 0 Å². The number of amides is 1. The Kier molecular flexibility index (Phi) is 1.24. The van der Waals surface area contributed by atoms with Gasteiger partial charge in [0.05, 0.1) is 0 Å². The normalized spacial score (nSPS) is 37.5. The van der Waals surface area contributed by atoms with Crippen LogP contribution in [0, 0.1) is 5.92 Å². The Morgan fingerprint density at radius 3 is 2.38 bits per heavy atom. The van der Waals surface area contributed by atoms with Crippen LogP contribution in [-0.2, 0) is 4.79 Å². The number of nitrogens with one attached hydrogen (secondary N) is 1. The smallest absolute Gasteiger partial charge is 0.220 e. The van der Waals surface area contributed by atoms with Crippen LogP contribution in [0.15, 0.2) is 0 Å². The fourth-order valence-electron chi connectivity index (χ4n) is 0.924. The summed E-state index contributed by atoms with van der Waals surface area (Å²) in [6, 6.07) is 0.391. The lowest BCUT2D eigenvalue weighted by molar-refractivity contribution is -0.119. The minimum atomic E-state index is 0.199. The Labute approximate surface area is 49.3 Å². The SMILES string of the molecule is CC1CC(=O)NC1C. The van der Waals surface area contributed by atoms with Crippen molar-refractivity contribution in [3.05, 3.63) is 0 Å². The molecule has 2 atom stereocenters. The van der Waals surface area contributed by atoms with Crippen LogP contribution in [0.5, 0.6) is 0 Å². The minimum absolute atomic E-state index is 0.199. The molecule has 8 heavy (non-hydrogen) atoms. The third-order valence-corrected chi connectivity index (χ3v) is 1.75. The summed E-state index contributed by atoms with van der Waals surface area (Å²) >= 11 is 0. The summed E-state index contributed by atoms with van der Waals surface area (Å²) in [6.07, 6.45) is 0.709. The van der Waals surface area contributed by atoms with Crippen molar-refractivity contribution in [1.82, 2.24) is 5.32 Å². The lowest BCUT2D eigenvalue weighted by Crippen LogP contribution is -2.24. The van der Waals surface area contributed by atoms with Crippen molar-refractivity contribution in [3.8, 4) is 0 Å². The van der Waals surface area contributed by atoms with Gasteiger partial charge in [-0.3, -0.25) is 4.79 Å². The van der Waals surface area contributed by atoms with Gasteiger partial charge in [0.1, 0.15) is 0 Å². The molecule has 2 unspecified atom stereocenters. The molecule has 46 valence electrons. The summed E-state index contributed by atoms with van der Waals surface area (Å²) in [5.74, 6) is 0.729. The van der Waals surface area contributed by atoms with E-state index in [1.54, 1.807) is 0 Å². The Balaban J connectivity index is 2.51. The minimum Gasteiger partial charge on any atom is -0.353 e. The molecule has 1 aliphatic rings. The second-order valence-corrected chi connectivity index (χ2v) is 2.54. The highest BCUT2D eigenvalue weighted by atomic mass is 16.1. The van der Waals surface area contributed by atoms with Crippen molar-refractivity contribution in [2.75, 3.05) is 0 Å². The van der Waals surface area contributed by atoms with E-state index in [9.17, 15) is 4.79 Å². The van der Waals surface area contributed by atoms with Gasteiger partial charge in [0.25, 0.3) is 0 Å². The molecule has 0 radical (unpaired) electrons. The lowest BCUT2D eigenvalue weighted by Gasteiger charge is -2.04. The van der Waals surface area contributed by atoms with Crippen LogP contribution >= 0.6 is 0 Å². The van der Waals surface area contributed by atoms with Crippen LogP contribution in [0.3, 0.4) is 0 Å². The van der Waals surface area contributed by atoms with Crippen LogP contribution in [-0.4, -0.2) is 11.9 Å². The van der Waals surface area contributed by atoms with E-state index in [0.29, 0.717) is 18.4 Å². The van der Waals surface area contributed by atoms with E-state index >= 15 is 0 Å². The topological polar surface area (TPSA) is 29.1 Å². The van der Waals surface area contributed by atoms with E-state index in [-0.39, 0.29) is 5.91 Å². The van der Waals surface area contributed by atoms with Crippen LogP contribution < -0.4 is 5.32 Å². The Bertz CT molecular complexity index is 99.1. The predicted molar refractivity (Wildman–Crippen MR) is 31.4 cm³/mol. The predicted octanol–water partition coefficient (Wildman–Crippen LogP) is 0.531. The molecular formula is C6H11NO. The zero-order valence-electron chi connectivity index (χ0n) is 5.27. The molecule has 0 saturated carbocycles. The Hall–Kier alpha value is -0.530. The highest BCUT2D eigenvalue weighted by molar-refractivity contribution is 5.78. The highest BCUT2D eigenvalue weighted by Gasteiger charge is 2.23. The lowest BCUT2D eigenvalue weighted by atomic mass is 10.1. The summed E-state index contributed by atoms with van der Waals surface area (Å²) < 4.78 is 0. The first-order valence-electron chi connectivity index (χ1n) is 2.99. The van der Waals surface area contributed by atoms with Gasteiger partial charge in [0.2, 0.25) is 5.91 Å². The molecule has 1 fully saturated rings. The first-order valence-corrected chi connectivity index (χ1v) is 2.99. The van der Waals surface area contributed by atoms with Gasteiger partial charge in [-0.1, -0.05) is 6.92 Å². The van der Waals surface area contributed by atoms with Crippen LogP contribution in [0.2, 0.25) is 0 Å². The molecule has 0 aliphatic carbocycles. The molecule has 0 aromatic heterocycles. The largest absolute Gasteiger partial charge is 0.353 e. The highest BCUT2D eigenvalue weighted by Crippen LogP contribution is 2.13. The molecule has 2 nitrogen and oxygen atoms in total. The van der Waals surface area contributed by atoms with Gasteiger partial charge in [0, 0.05) is 12.5 Å². The second kappa shape index (κ2) is 1.77. The summed E-state index contributed by atoms with van der Waals surface area (Å²) in [6.45, 7) is 4.12. The molecule has 1 saturated heterocycles. The zero-order valence-corrected chi connectivity index (χ0v) is 5.27.